The predicted molar refractivity (Wildman–Crippen MR) is 59.0 cm³/mol. The Balaban J connectivity index is 2.45. The zero-order valence-electron chi connectivity index (χ0n) is 9.55. The highest BCUT2D eigenvalue weighted by Crippen LogP contribution is 2.23. The van der Waals surface area contributed by atoms with Crippen LogP contribution in [0.15, 0.2) is 12.2 Å². The fourth-order valence-corrected chi connectivity index (χ4v) is 1.77. The van der Waals surface area contributed by atoms with E-state index in [1.54, 1.807) is 6.08 Å². The molecule has 14 heavy (non-hydrogen) atoms. The second kappa shape index (κ2) is 4.63. The van der Waals surface area contributed by atoms with Gasteiger partial charge in [-0.15, -0.1) is 0 Å². The number of amides is 1. The van der Waals surface area contributed by atoms with Crippen molar-refractivity contribution in [3.05, 3.63) is 12.2 Å². The molecule has 0 aliphatic carbocycles. The van der Waals surface area contributed by atoms with Crippen LogP contribution in [-0.2, 0) is 4.79 Å². The molecule has 1 heterocycles. The Morgan fingerprint density at radius 3 is 2.79 bits per heavy atom. The molecule has 0 fully saturated rings. The maximum absolute atomic E-state index is 11.5. The number of hydrogen-bond donors (Lipinski definition) is 0. The number of nitrogens with zero attached hydrogens (tertiary/aromatic N) is 1. The third kappa shape index (κ3) is 3.17. The van der Waals surface area contributed by atoms with E-state index < -0.39 is 0 Å². The van der Waals surface area contributed by atoms with Crippen LogP contribution >= 0.6 is 0 Å². The maximum atomic E-state index is 11.5. The predicted octanol–water partition coefficient (Wildman–Crippen LogP) is 2.60. The van der Waals surface area contributed by atoms with E-state index in [4.69, 9.17) is 0 Å². The van der Waals surface area contributed by atoms with Crippen LogP contribution in [0.3, 0.4) is 0 Å². The first kappa shape index (κ1) is 11.3. The zero-order chi connectivity index (χ0) is 10.6. The van der Waals surface area contributed by atoms with Gasteiger partial charge in [-0.05, 0) is 12.5 Å². The second-order valence-corrected chi connectivity index (χ2v) is 4.79. The Kier molecular flexibility index (Phi) is 3.73. The summed E-state index contributed by atoms with van der Waals surface area (Å²) in [4.78, 5) is 13.5. The van der Waals surface area contributed by atoms with Gasteiger partial charge in [-0.3, -0.25) is 4.79 Å². The minimum atomic E-state index is 0.153. The van der Waals surface area contributed by atoms with Gasteiger partial charge in [0, 0.05) is 18.5 Å². The van der Waals surface area contributed by atoms with Gasteiger partial charge in [0.25, 0.3) is 0 Å². The van der Waals surface area contributed by atoms with Crippen LogP contribution in [0.4, 0.5) is 0 Å². The van der Waals surface area contributed by atoms with Gasteiger partial charge < -0.3 is 4.90 Å². The highest BCUT2D eigenvalue weighted by atomic mass is 16.2. The molecule has 2 nitrogen and oxygen atoms in total. The minimum absolute atomic E-state index is 0.153. The Hall–Kier alpha value is -0.790. The molecule has 0 aromatic rings. The van der Waals surface area contributed by atoms with Crippen molar-refractivity contribution in [1.29, 1.82) is 0 Å². The molecule has 0 spiro atoms. The summed E-state index contributed by atoms with van der Waals surface area (Å²) in [5.41, 5.74) is 0.153. The normalized spacial score (nSPS) is 20.2. The topological polar surface area (TPSA) is 20.3 Å². The van der Waals surface area contributed by atoms with Gasteiger partial charge in [0.1, 0.15) is 0 Å². The lowest BCUT2D eigenvalue weighted by atomic mass is 9.89. The molecule has 0 unspecified atom stereocenters. The maximum Gasteiger partial charge on any atom is 0.246 e. The van der Waals surface area contributed by atoms with E-state index in [-0.39, 0.29) is 11.3 Å². The molecule has 0 radical (unpaired) electrons. The molecule has 0 saturated heterocycles. The molecule has 2 heteroatoms. The van der Waals surface area contributed by atoms with Gasteiger partial charge in [-0.1, -0.05) is 39.7 Å². The standard InChI is InChI=1S/C12H21NO/c1-4-5-6-9-13-10-12(2,3)8-7-11(13)14/h7-8H,4-6,9-10H2,1-3H3. The summed E-state index contributed by atoms with van der Waals surface area (Å²) in [5, 5.41) is 0. The summed E-state index contributed by atoms with van der Waals surface area (Å²) in [5.74, 6) is 0.181. The Bertz CT molecular complexity index is 230. The zero-order valence-corrected chi connectivity index (χ0v) is 9.55. The lowest BCUT2D eigenvalue weighted by molar-refractivity contribution is -0.128. The van der Waals surface area contributed by atoms with E-state index in [0.717, 1.165) is 19.5 Å². The largest absolute Gasteiger partial charge is 0.338 e. The first-order chi connectivity index (χ1) is 6.55. The summed E-state index contributed by atoms with van der Waals surface area (Å²) in [7, 11) is 0. The van der Waals surface area contributed by atoms with E-state index in [9.17, 15) is 4.79 Å². The summed E-state index contributed by atoms with van der Waals surface area (Å²) in [6.07, 6.45) is 7.29. The number of carbonyl (C=O) groups is 1. The molecule has 0 aromatic heterocycles. The van der Waals surface area contributed by atoms with Crippen molar-refractivity contribution in [3.8, 4) is 0 Å². The van der Waals surface area contributed by atoms with Crippen LogP contribution in [0.25, 0.3) is 0 Å². The molecular formula is C12H21NO. The smallest absolute Gasteiger partial charge is 0.246 e. The van der Waals surface area contributed by atoms with Crippen molar-refractivity contribution in [2.24, 2.45) is 5.41 Å². The van der Waals surface area contributed by atoms with Crippen molar-refractivity contribution in [2.45, 2.75) is 40.0 Å². The van der Waals surface area contributed by atoms with Crippen LogP contribution in [0, 0.1) is 5.41 Å². The van der Waals surface area contributed by atoms with Crippen LogP contribution in [0.1, 0.15) is 40.0 Å². The van der Waals surface area contributed by atoms with Crippen LogP contribution in [0.5, 0.6) is 0 Å². The Morgan fingerprint density at radius 1 is 1.43 bits per heavy atom. The van der Waals surface area contributed by atoms with Crippen molar-refractivity contribution in [2.75, 3.05) is 13.1 Å². The molecule has 1 amide bonds. The molecule has 0 atom stereocenters. The molecule has 0 aromatic carbocycles. The van der Waals surface area contributed by atoms with Crippen LogP contribution < -0.4 is 0 Å². The van der Waals surface area contributed by atoms with Gasteiger partial charge in [0.15, 0.2) is 0 Å². The SMILES string of the molecule is CCCCCN1CC(C)(C)C=CC1=O. The van der Waals surface area contributed by atoms with E-state index in [0.29, 0.717) is 0 Å². The molecule has 1 aliphatic rings. The van der Waals surface area contributed by atoms with E-state index in [1.165, 1.54) is 12.8 Å². The summed E-state index contributed by atoms with van der Waals surface area (Å²) >= 11 is 0. The van der Waals surface area contributed by atoms with Crippen molar-refractivity contribution < 1.29 is 4.79 Å². The number of hydrogen-bond acceptors (Lipinski definition) is 1. The minimum Gasteiger partial charge on any atom is -0.338 e. The fraction of sp³-hybridized carbons (Fsp3) is 0.750. The number of rotatable bonds is 4. The quantitative estimate of drug-likeness (QED) is 0.631. The van der Waals surface area contributed by atoms with Gasteiger partial charge in [0.05, 0.1) is 0 Å². The lowest BCUT2D eigenvalue weighted by Crippen LogP contribution is -2.41. The van der Waals surface area contributed by atoms with Gasteiger partial charge in [-0.25, -0.2) is 0 Å². The lowest BCUT2D eigenvalue weighted by Gasteiger charge is -2.33. The highest BCUT2D eigenvalue weighted by molar-refractivity contribution is 5.88. The third-order valence-electron chi connectivity index (χ3n) is 2.62. The summed E-state index contributed by atoms with van der Waals surface area (Å²) < 4.78 is 0. The average molecular weight is 195 g/mol. The molecule has 1 rings (SSSR count). The van der Waals surface area contributed by atoms with E-state index in [1.807, 2.05) is 11.0 Å². The first-order valence-electron chi connectivity index (χ1n) is 5.53. The third-order valence-corrected chi connectivity index (χ3v) is 2.62. The molecule has 1 aliphatic heterocycles. The van der Waals surface area contributed by atoms with Crippen molar-refractivity contribution in [1.82, 2.24) is 4.90 Å². The van der Waals surface area contributed by atoms with Crippen LogP contribution in [-0.4, -0.2) is 23.9 Å². The second-order valence-electron chi connectivity index (χ2n) is 4.79. The summed E-state index contributed by atoms with van der Waals surface area (Å²) in [6.45, 7) is 8.31. The molecule has 0 N–H and O–H groups in total. The Morgan fingerprint density at radius 2 is 2.14 bits per heavy atom. The summed E-state index contributed by atoms with van der Waals surface area (Å²) in [6, 6.07) is 0. The Labute approximate surface area is 87.0 Å². The van der Waals surface area contributed by atoms with Crippen molar-refractivity contribution in [3.63, 3.8) is 0 Å². The van der Waals surface area contributed by atoms with Gasteiger partial charge in [-0.2, -0.15) is 0 Å². The number of carbonyl (C=O) groups excluding carboxylic acids is 1. The average Bonchev–Trinajstić information content (AvgIpc) is 2.11. The molecule has 80 valence electrons. The van der Waals surface area contributed by atoms with Crippen LogP contribution in [0.2, 0.25) is 0 Å². The van der Waals surface area contributed by atoms with Gasteiger partial charge >= 0.3 is 0 Å². The van der Waals surface area contributed by atoms with Gasteiger partial charge in [0.2, 0.25) is 5.91 Å². The van der Waals surface area contributed by atoms with E-state index in [2.05, 4.69) is 20.8 Å². The van der Waals surface area contributed by atoms with Crippen molar-refractivity contribution >= 4 is 5.91 Å². The monoisotopic (exact) mass is 195 g/mol. The fourth-order valence-electron chi connectivity index (χ4n) is 1.77. The van der Waals surface area contributed by atoms with E-state index >= 15 is 0 Å². The number of unbranched alkanes of at least 4 members (excludes halogenated alkanes) is 2. The highest BCUT2D eigenvalue weighted by Gasteiger charge is 2.25. The molecule has 0 saturated carbocycles. The first-order valence-corrected chi connectivity index (χ1v) is 5.53. The molecular weight excluding hydrogens is 174 g/mol. The molecule has 0 bridgehead atoms.